The molecule has 0 aliphatic heterocycles. The minimum atomic E-state index is -3.93. The van der Waals surface area contributed by atoms with E-state index in [4.69, 9.17) is 4.74 Å². The Bertz CT molecular complexity index is 1010. The van der Waals surface area contributed by atoms with E-state index in [1.807, 2.05) is 24.9 Å². The molecule has 3 rings (SSSR count). The van der Waals surface area contributed by atoms with Crippen molar-refractivity contribution >= 4 is 45.1 Å². The second-order valence-corrected chi connectivity index (χ2v) is 12.2. The van der Waals surface area contributed by atoms with E-state index in [-0.39, 0.29) is 17.3 Å². The lowest BCUT2D eigenvalue weighted by atomic mass is 10.0. The van der Waals surface area contributed by atoms with Crippen LogP contribution in [0.2, 0.25) is 0 Å². The van der Waals surface area contributed by atoms with E-state index >= 15 is 0 Å². The number of ether oxygens (including phenoxy) is 1. The number of nitrogens with one attached hydrogen (secondary N) is 1. The molecular formula is C25H34N2O4S3. The first-order chi connectivity index (χ1) is 16.4. The zero-order chi connectivity index (χ0) is 24.4. The van der Waals surface area contributed by atoms with E-state index in [0.717, 1.165) is 10.6 Å². The SMILES string of the molecule is CCOc1ccc(N(CC(=O)NCCSC2CCCCC2)S(=O)(=O)c2ccc(SC)cc2)cc1. The van der Waals surface area contributed by atoms with Gasteiger partial charge < -0.3 is 10.1 Å². The van der Waals surface area contributed by atoms with E-state index in [1.165, 1.54) is 36.4 Å². The zero-order valence-electron chi connectivity index (χ0n) is 19.9. The van der Waals surface area contributed by atoms with Gasteiger partial charge in [0.1, 0.15) is 12.3 Å². The Balaban J connectivity index is 1.70. The fourth-order valence-corrected chi connectivity index (χ4v) is 6.95. The van der Waals surface area contributed by atoms with E-state index < -0.39 is 10.0 Å². The number of anilines is 1. The van der Waals surface area contributed by atoms with Crippen molar-refractivity contribution in [3.8, 4) is 5.75 Å². The Labute approximate surface area is 212 Å². The van der Waals surface area contributed by atoms with Crippen molar-refractivity contribution in [2.24, 2.45) is 0 Å². The molecule has 1 N–H and O–H groups in total. The van der Waals surface area contributed by atoms with Gasteiger partial charge in [0.15, 0.2) is 0 Å². The van der Waals surface area contributed by atoms with Gasteiger partial charge >= 0.3 is 0 Å². The molecule has 9 heteroatoms. The quantitative estimate of drug-likeness (QED) is 0.306. The summed E-state index contributed by atoms with van der Waals surface area (Å²) in [4.78, 5) is 13.9. The highest BCUT2D eigenvalue weighted by atomic mass is 32.2. The zero-order valence-corrected chi connectivity index (χ0v) is 22.3. The van der Waals surface area contributed by atoms with Crippen molar-refractivity contribution in [2.75, 3.05) is 36.0 Å². The summed E-state index contributed by atoms with van der Waals surface area (Å²) >= 11 is 3.45. The number of rotatable bonds is 12. The molecule has 0 bridgehead atoms. The smallest absolute Gasteiger partial charge is 0.264 e. The van der Waals surface area contributed by atoms with Crippen LogP contribution in [0.15, 0.2) is 58.3 Å². The molecule has 0 atom stereocenters. The van der Waals surface area contributed by atoms with Crippen molar-refractivity contribution < 1.29 is 17.9 Å². The molecule has 0 heterocycles. The Hall–Kier alpha value is -1.84. The van der Waals surface area contributed by atoms with Gasteiger partial charge in [0, 0.05) is 22.4 Å². The summed E-state index contributed by atoms with van der Waals surface area (Å²) in [6, 6.07) is 13.5. The fourth-order valence-electron chi connectivity index (χ4n) is 3.90. The van der Waals surface area contributed by atoms with Crippen LogP contribution in [-0.2, 0) is 14.8 Å². The Kier molecular flexibility index (Phi) is 10.5. The number of benzene rings is 2. The molecule has 0 aromatic heterocycles. The van der Waals surface area contributed by atoms with Crippen LogP contribution in [0.4, 0.5) is 5.69 Å². The van der Waals surface area contributed by atoms with Crippen LogP contribution >= 0.6 is 23.5 Å². The first-order valence-corrected chi connectivity index (χ1v) is 15.4. The Morgan fingerprint density at radius 1 is 1.06 bits per heavy atom. The lowest BCUT2D eigenvalue weighted by Crippen LogP contribution is -2.41. The highest BCUT2D eigenvalue weighted by Crippen LogP contribution is 2.28. The first kappa shape index (κ1) is 26.8. The maximum absolute atomic E-state index is 13.5. The van der Waals surface area contributed by atoms with E-state index in [9.17, 15) is 13.2 Å². The predicted octanol–water partition coefficient (Wildman–Crippen LogP) is 5.18. The topological polar surface area (TPSA) is 75.7 Å². The second-order valence-electron chi connectivity index (χ2n) is 8.09. The van der Waals surface area contributed by atoms with Crippen molar-refractivity contribution in [2.45, 2.75) is 54.1 Å². The molecule has 0 spiro atoms. The monoisotopic (exact) mass is 522 g/mol. The Morgan fingerprint density at radius 3 is 2.35 bits per heavy atom. The predicted molar refractivity (Wildman–Crippen MR) is 143 cm³/mol. The maximum Gasteiger partial charge on any atom is 0.264 e. The normalized spacial score (nSPS) is 14.5. The standard InChI is InChI=1S/C25H34N2O4S3/c1-3-31-21-11-9-20(10-12-21)27(34(29,30)24-15-13-22(32-2)14-16-24)19-25(28)26-17-18-33-23-7-5-4-6-8-23/h9-16,23H,3-8,17-19H2,1-2H3,(H,26,28). The average molecular weight is 523 g/mol. The maximum atomic E-state index is 13.5. The van der Waals surface area contributed by atoms with E-state index in [0.29, 0.717) is 29.8 Å². The molecule has 0 radical (unpaired) electrons. The summed E-state index contributed by atoms with van der Waals surface area (Å²) in [6.07, 6.45) is 8.33. The van der Waals surface area contributed by atoms with Gasteiger partial charge in [-0.25, -0.2) is 8.42 Å². The van der Waals surface area contributed by atoms with Crippen LogP contribution in [0.3, 0.4) is 0 Å². The van der Waals surface area contributed by atoms with Crippen molar-refractivity contribution in [1.29, 1.82) is 0 Å². The van der Waals surface area contributed by atoms with Crippen LogP contribution < -0.4 is 14.4 Å². The minimum Gasteiger partial charge on any atom is -0.494 e. The summed E-state index contributed by atoms with van der Waals surface area (Å²) in [5.41, 5.74) is 0.420. The van der Waals surface area contributed by atoms with Gasteiger partial charge in [-0.05, 0) is 74.6 Å². The Morgan fingerprint density at radius 2 is 1.74 bits per heavy atom. The van der Waals surface area contributed by atoms with Crippen molar-refractivity contribution in [3.63, 3.8) is 0 Å². The molecule has 0 saturated heterocycles. The molecule has 34 heavy (non-hydrogen) atoms. The summed E-state index contributed by atoms with van der Waals surface area (Å²) in [6.45, 7) is 2.65. The molecular weight excluding hydrogens is 488 g/mol. The minimum absolute atomic E-state index is 0.153. The van der Waals surface area contributed by atoms with Gasteiger partial charge in [0.05, 0.1) is 17.2 Å². The lowest BCUT2D eigenvalue weighted by Gasteiger charge is -2.24. The summed E-state index contributed by atoms with van der Waals surface area (Å²) < 4.78 is 33.7. The van der Waals surface area contributed by atoms with Crippen molar-refractivity contribution in [1.82, 2.24) is 5.32 Å². The molecule has 1 fully saturated rings. The highest BCUT2D eigenvalue weighted by molar-refractivity contribution is 7.99. The number of carbonyl (C=O) groups is 1. The summed E-state index contributed by atoms with van der Waals surface area (Å²) in [7, 11) is -3.93. The lowest BCUT2D eigenvalue weighted by molar-refractivity contribution is -0.119. The van der Waals surface area contributed by atoms with Crippen LogP contribution in [0, 0.1) is 0 Å². The first-order valence-electron chi connectivity index (χ1n) is 11.7. The van der Waals surface area contributed by atoms with Crippen LogP contribution in [0.25, 0.3) is 0 Å². The molecule has 1 amide bonds. The number of amides is 1. The van der Waals surface area contributed by atoms with E-state index in [1.54, 1.807) is 60.3 Å². The third-order valence-electron chi connectivity index (χ3n) is 5.70. The van der Waals surface area contributed by atoms with Gasteiger partial charge in [-0.3, -0.25) is 9.10 Å². The molecule has 1 aliphatic carbocycles. The summed E-state index contributed by atoms with van der Waals surface area (Å²) in [5.74, 6) is 1.17. The van der Waals surface area contributed by atoms with Gasteiger partial charge in [-0.15, -0.1) is 11.8 Å². The molecule has 186 valence electrons. The number of hydrogen-bond donors (Lipinski definition) is 1. The van der Waals surface area contributed by atoms with Gasteiger partial charge in [0.2, 0.25) is 5.91 Å². The van der Waals surface area contributed by atoms with Crippen molar-refractivity contribution in [3.05, 3.63) is 48.5 Å². The average Bonchev–Trinajstić information content (AvgIpc) is 2.86. The molecule has 0 unspecified atom stereocenters. The highest BCUT2D eigenvalue weighted by Gasteiger charge is 2.27. The van der Waals surface area contributed by atoms with Gasteiger partial charge in [-0.2, -0.15) is 11.8 Å². The largest absolute Gasteiger partial charge is 0.494 e. The number of hydrogen-bond acceptors (Lipinski definition) is 6. The second kappa shape index (κ2) is 13.3. The number of sulfonamides is 1. The molecule has 1 aliphatic rings. The fraction of sp³-hybridized carbons (Fsp3) is 0.480. The third kappa shape index (κ3) is 7.58. The third-order valence-corrected chi connectivity index (χ3v) is 9.61. The van der Waals surface area contributed by atoms with Crippen LogP contribution in [-0.4, -0.2) is 51.3 Å². The summed E-state index contributed by atoms with van der Waals surface area (Å²) in [5, 5.41) is 3.58. The van der Waals surface area contributed by atoms with E-state index in [2.05, 4.69) is 5.32 Å². The number of nitrogens with zero attached hydrogens (tertiary/aromatic N) is 1. The molecule has 2 aromatic rings. The molecule has 6 nitrogen and oxygen atoms in total. The molecule has 1 saturated carbocycles. The number of carbonyl (C=O) groups excluding carboxylic acids is 1. The van der Waals surface area contributed by atoms with Crippen LogP contribution in [0.5, 0.6) is 5.75 Å². The van der Waals surface area contributed by atoms with Crippen LogP contribution in [0.1, 0.15) is 39.0 Å². The van der Waals surface area contributed by atoms with Gasteiger partial charge in [0.25, 0.3) is 10.0 Å². The number of thioether (sulfide) groups is 2. The molecule has 2 aromatic carbocycles. The van der Waals surface area contributed by atoms with Gasteiger partial charge in [-0.1, -0.05) is 19.3 Å².